The number of benzene rings is 1. The van der Waals surface area contributed by atoms with E-state index in [1.807, 2.05) is 25.1 Å². The molecule has 0 bridgehead atoms. The fourth-order valence-corrected chi connectivity index (χ4v) is 1.77. The maximum absolute atomic E-state index is 9.28. The highest BCUT2D eigenvalue weighted by Crippen LogP contribution is 2.28. The monoisotopic (exact) mass is 281 g/mol. The summed E-state index contributed by atoms with van der Waals surface area (Å²) in [5.74, 6) is 2.05. The Bertz CT molecular complexity index is 391. The molecule has 0 saturated carbocycles. The summed E-state index contributed by atoms with van der Waals surface area (Å²) < 4.78 is 11.2. The van der Waals surface area contributed by atoms with Gasteiger partial charge in [0.05, 0.1) is 12.7 Å². The summed E-state index contributed by atoms with van der Waals surface area (Å²) in [5, 5.41) is 12.7. The Morgan fingerprint density at radius 1 is 1.15 bits per heavy atom. The average Bonchev–Trinajstić information content (AvgIpc) is 2.37. The molecule has 1 rings (SSSR count). The molecular formula is C16H27NO3. The molecule has 0 aromatic heterocycles. The Labute approximate surface area is 122 Å². The molecule has 1 atom stereocenters. The van der Waals surface area contributed by atoms with E-state index in [4.69, 9.17) is 9.47 Å². The predicted molar refractivity (Wildman–Crippen MR) is 81.3 cm³/mol. The van der Waals surface area contributed by atoms with Crippen molar-refractivity contribution in [1.29, 1.82) is 0 Å². The third-order valence-electron chi connectivity index (χ3n) is 2.67. The molecule has 0 saturated heterocycles. The Morgan fingerprint density at radius 3 is 2.50 bits per heavy atom. The third-order valence-corrected chi connectivity index (χ3v) is 2.67. The van der Waals surface area contributed by atoms with Crippen molar-refractivity contribution in [2.75, 3.05) is 19.8 Å². The van der Waals surface area contributed by atoms with E-state index >= 15 is 0 Å². The summed E-state index contributed by atoms with van der Waals surface area (Å²) in [6.07, 6.45) is -0.489. The van der Waals surface area contributed by atoms with Crippen LogP contribution in [-0.4, -0.2) is 31.0 Å². The minimum absolute atomic E-state index is 0.269. The minimum Gasteiger partial charge on any atom is -0.490 e. The summed E-state index contributed by atoms with van der Waals surface area (Å²) in [6, 6.07) is 5.92. The molecule has 0 aliphatic rings. The summed E-state index contributed by atoms with van der Waals surface area (Å²) in [5.41, 5.74) is 1.17. The normalized spacial score (nSPS) is 12.5. The zero-order valence-corrected chi connectivity index (χ0v) is 13.0. The summed E-state index contributed by atoms with van der Waals surface area (Å²) in [6.45, 7) is 10.7. The number of ether oxygens (including phenoxy) is 2. The van der Waals surface area contributed by atoms with E-state index in [2.05, 4.69) is 19.2 Å². The van der Waals surface area contributed by atoms with Crippen molar-refractivity contribution in [3.63, 3.8) is 0 Å². The SMILES string of the molecule is CCOc1cc(CNCC(C)C)ccc1OCC(C)O. The highest BCUT2D eigenvalue weighted by atomic mass is 16.5. The quantitative estimate of drug-likeness (QED) is 0.730. The topological polar surface area (TPSA) is 50.7 Å². The van der Waals surface area contributed by atoms with Crippen molar-refractivity contribution in [2.45, 2.75) is 40.3 Å². The molecule has 1 unspecified atom stereocenters. The third kappa shape index (κ3) is 6.26. The van der Waals surface area contributed by atoms with Crippen LogP contribution in [0.4, 0.5) is 0 Å². The first-order chi connectivity index (χ1) is 9.52. The van der Waals surface area contributed by atoms with E-state index in [0.29, 0.717) is 18.3 Å². The number of hydrogen-bond donors (Lipinski definition) is 2. The van der Waals surface area contributed by atoms with Gasteiger partial charge in [-0.15, -0.1) is 0 Å². The van der Waals surface area contributed by atoms with Crippen LogP contribution < -0.4 is 14.8 Å². The van der Waals surface area contributed by atoms with Crippen LogP contribution in [-0.2, 0) is 6.54 Å². The van der Waals surface area contributed by atoms with Crippen LogP contribution in [0.5, 0.6) is 11.5 Å². The average molecular weight is 281 g/mol. The van der Waals surface area contributed by atoms with Crippen LogP contribution in [0.25, 0.3) is 0 Å². The molecule has 4 heteroatoms. The highest BCUT2D eigenvalue weighted by Gasteiger charge is 2.08. The van der Waals surface area contributed by atoms with Crippen molar-refractivity contribution in [3.05, 3.63) is 23.8 Å². The first-order valence-electron chi connectivity index (χ1n) is 7.30. The van der Waals surface area contributed by atoms with Crippen molar-refractivity contribution in [1.82, 2.24) is 5.32 Å². The van der Waals surface area contributed by atoms with E-state index in [1.165, 1.54) is 5.56 Å². The fourth-order valence-electron chi connectivity index (χ4n) is 1.77. The number of hydrogen-bond acceptors (Lipinski definition) is 4. The Morgan fingerprint density at radius 2 is 1.90 bits per heavy atom. The van der Waals surface area contributed by atoms with Crippen LogP contribution >= 0.6 is 0 Å². The smallest absolute Gasteiger partial charge is 0.161 e. The van der Waals surface area contributed by atoms with Crippen LogP contribution in [0.3, 0.4) is 0 Å². The van der Waals surface area contributed by atoms with E-state index < -0.39 is 6.10 Å². The van der Waals surface area contributed by atoms with Gasteiger partial charge in [-0.05, 0) is 44.0 Å². The lowest BCUT2D eigenvalue weighted by Crippen LogP contribution is -2.19. The standard InChI is InChI=1S/C16H27NO3/c1-5-19-16-8-14(10-17-9-12(2)3)6-7-15(16)20-11-13(4)18/h6-8,12-13,17-18H,5,9-11H2,1-4H3. The second-order valence-electron chi connectivity index (χ2n) is 5.40. The summed E-state index contributed by atoms with van der Waals surface area (Å²) in [4.78, 5) is 0. The van der Waals surface area contributed by atoms with Gasteiger partial charge >= 0.3 is 0 Å². The number of rotatable bonds is 9. The molecule has 0 aliphatic carbocycles. The molecular weight excluding hydrogens is 254 g/mol. The minimum atomic E-state index is -0.489. The molecule has 0 aliphatic heterocycles. The Hall–Kier alpha value is -1.26. The van der Waals surface area contributed by atoms with Gasteiger partial charge in [-0.1, -0.05) is 19.9 Å². The van der Waals surface area contributed by atoms with Crippen LogP contribution in [0.1, 0.15) is 33.3 Å². The summed E-state index contributed by atoms with van der Waals surface area (Å²) in [7, 11) is 0. The molecule has 0 heterocycles. The molecule has 1 aromatic rings. The van der Waals surface area contributed by atoms with Gasteiger partial charge in [-0.3, -0.25) is 0 Å². The lowest BCUT2D eigenvalue weighted by Gasteiger charge is -2.15. The second kappa shape index (κ2) is 8.82. The lowest BCUT2D eigenvalue weighted by atomic mass is 10.2. The Kier molecular flexibility index (Phi) is 7.41. The fraction of sp³-hybridized carbons (Fsp3) is 0.625. The molecule has 0 spiro atoms. The molecule has 2 N–H and O–H groups in total. The van der Waals surface area contributed by atoms with Gasteiger partial charge in [0.15, 0.2) is 11.5 Å². The van der Waals surface area contributed by atoms with Gasteiger partial charge < -0.3 is 19.9 Å². The van der Waals surface area contributed by atoms with Crippen molar-refractivity contribution in [3.8, 4) is 11.5 Å². The summed E-state index contributed by atoms with van der Waals surface area (Å²) >= 11 is 0. The maximum atomic E-state index is 9.28. The van der Waals surface area contributed by atoms with Gasteiger partial charge in [0.2, 0.25) is 0 Å². The first kappa shape index (κ1) is 16.8. The molecule has 4 nitrogen and oxygen atoms in total. The van der Waals surface area contributed by atoms with E-state index in [9.17, 15) is 5.11 Å². The first-order valence-corrected chi connectivity index (χ1v) is 7.30. The second-order valence-corrected chi connectivity index (χ2v) is 5.40. The van der Waals surface area contributed by atoms with Gasteiger partial charge in [0.25, 0.3) is 0 Å². The zero-order chi connectivity index (χ0) is 15.0. The Balaban J connectivity index is 2.67. The van der Waals surface area contributed by atoms with Crippen LogP contribution in [0.15, 0.2) is 18.2 Å². The van der Waals surface area contributed by atoms with Gasteiger partial charge in [0, 0.05) is 6.54 Å². The molecule has 114 valence electrons. The molecule has 0 radical (unpaired) electrons. The molecule has 0 fully saturated rings. The molecule has 20 heavy (non-hydrogen) atoms. The van der Waals surface area contributed by atoms with Gasteiger partial charge in [-0.2, -0.15) is 0 Å². The van der Waals surface area contributed by atoms with Crippen molar-refractivity contribution in [2.24, 2.45) is 5.92 Å². The number of aliphatic hydroxyl groups is 1. The maximum Gasteiger partial charge on any atom is 0.161 e. The zero-order valence-electron chi connectivity index (χ0n) is 13.0. The van der Waals surface area contributed by atoms with E-state index in [0.717, 1.165) is 18.8 Å². The van der Waals surface area contributed by atoms with E-state index in [1.54, 1.807) is 6.92 Å². The number of aliphatic hydroxyl groups excluding tert-OH is 1. The van der Waals surface area contributed by atoms with Crippen molar-refractivity contribution < 1.29 is 14.6 Å². The molecule has 0 amide bonds. The van der Waals surface area contributed by atoms with Crippen LogP contribution in [0.2, 0.25) is 0 Å². The lowest BCUT2D eigenvalue weighted by molar-refractivity contribution is 0.120. The van der Waals surface area contributed by atoms with Gasteiger partial charge in [-0.25, -0.2) is 0 Å². The largest absolute Gasteiger partial charge is 0.490 e. The van der Waals surface area contributed by atoms with Gasteiger partial charge in [0.1, 0.15) is 6.61 Å². The van der Waals surface area contributed by atoms with Crippen LogP contribution in [0, 0.1) is 5.92 Å². The highest BCUT2D eigenvalue weighted by molar-refractivity contribution is 5.43. The molecule has 1 aromatic carbocycles. The number of nitrogens with one attached hydrogen (secondary N) is 1. The van der Waals surface area contributed by atoms with E-state index in [-0.39, 0.29) is 6.61 Å². The van der Waals surface area contributed by atoms with Crippen molar-refractivity contribution >= 4 is 0 Å². The predicted octanol–water partition coefficient (Wildman–Crippen LogP) is 2.59.